The number of halogens is 2. The minimum atomic E-state index is -0.681. The number of hydrogen-bond acceptors (Lipinski definition) is 5. The van der Waals surface area contributed by atoms with Crippen LogP contribution in [0.1, 0.15) is 6.92 Å². The number of nitrogens with one attached hydrogen (secondary N) is 2. The van der Waals surface area contributed by atoms with Crippen LogP contribution in [0.15, 0.2) is 34.8 Å². The van der Waals surface area contributed by atoms with E-state index in [1.54, 1.807) is 25.1 Å². The summed E-state index contributed by atoms with van der Waals surface area (Å²) >= 11 is 9.03. The fourth-order valence-corrected chi connectivity index (χ4v) is 2.08. The van der Waals surface area contributed by atoms with E-state index < -0.39 is 17.8 Å². The maximum Gasteiger partial charge on any atom is 0.330 e. The van der Waals surface area contributed by atoms with E-state index in [4.69, 9.17) is 16.3 Å². The van der Waals surface area contributed by atoms with Gasteiger partial charge in [0, 0.05) is 17.2 Å². The Morgan fingerprint density at radius 1 is 1.26 bits per heavy atom. The zero-order valence-electron chi connectivity index (χ0n) is 12.1. The van der Waals surface area contributed by atoms with Crippen LogP contribution in [0.2, 0.25) is 5.02 Å². The molecule has 9 heteroatoms. The second-order valence-corrected chi connectivity index (χ2v) is 5.28. The molecule has 0 bridgehead atoms. The van der Waals surface area contributed by atoms with Gasteiger partial charge >= 0.3 is 5.97 Å². The number of amides is 2. The number of benzene rings is 1. The second-order valence-electron chi connectivity index (χ2n) is 3.99. The molecule has 0 unspecified atom stereocenters. The highest BCUT2D eigenvalue weighted by Gasteiger charge is 2.07. The molecule has 0 aliphatic carbocycles. The van der Waals surface area contributed by atoms with Crippen LogP contribution in [0.4, 0.5) is 0 Å². The number of hydrazine groups is 1. The summed E-state index contributed by atoms with van der Waals surface area (Å²) in [6.45, 7) is 1.53. The lowest BCUT2D eigenvalue weighted by atomic mass is 10.3. The first-order valence-electron chi connectivity index (χ1n) is 6.44. The Morgan fingerprint density at radius 3 is 2.65 bits per heavy atom. The van der Waals surface area contributed by atoms with Crippen LogP contribution >= 0.6 is 27.5 Å². The van der Waals surface area contributed by atoms with Crippen LogP contribution in [-0.4, -0.2) is 31.0 Å². The molecule has 0 fully saturated rings. The molecule has 1 aromatic carbocycles. The van der Waals surface area contributed by atoms with Gasteiger partial charge in [-0.3, -0.25) is 20.4 Å². The zero-order valence-corrected chi connectivity index (χ0v) is 14.4. The summed E-state index contributed by atoms with van der Waals surface area (Å²) in [4.78, 5) is 33.9. The van der Waals surface area contributed by atoms with Crippen LogP contribution in [0.3, 0.4) is 0 Å². The molecule has 0 aliphatic heterocycles. The van der Waals surface area contributed by atoms with E-state index in [9.17, 15) is 14.4 Å². The summed E-state index contributed by atoms with van der Waals surface area (Å²) < 4.78 is 10.4. The van der Waals surface area contributed by atoms with Crippen molar-refractivity contribution in [2.75, 3.05) is 13.2 Å². The first kappa shape index (κ1) is 19.0. The third kappa shape index (κ3) is 7.66. The van der Waals surface area contributed by atoms with Gasteiger partial charge in [0.2, 0.25) is 0 Å². The fourth-order valence-electron chi connectivity index (χ4n) is 1.28. The number of ether oxygens (including phenoxy) is 2. The Bertz CT molecular complexity index is 621. The summed E-state index contributed by atoms with van der Waals surface area (Å²) in [5, 5.41) is 0.523. The first-order chi connectivity index (χ1) is 10.9. The lowest BCUT2D eigenvalue weighted by Crippen LogP contribution is -2.43. The van der Waals surface area contributed by atoms with E-state index in [0.717, 1.165) is 12.2 Å². The van der Waals surface area contributed by atoms with Crippen molar-refractivity contribution in [2.45, 2.75) is 6.92 Å². The molecule has 2 N–H and O–H groups in total. The highest BCUT2D eigenvalue weighted by atomic mass is 79.9. The second kappa shape index (κ2) is 9.86. The van der Waals surface area contributed by atoms with E-state index in [0.29, 0.717) is 15.2 Å². The van der Waals surface area contributed by atoms with Gasteiger partial charge in [-0.25, -0.2) is 4.79 Å². The monoisotopic (exact) mass is 404 g/mol. The van der Waals surface area contributed by atoms with Crippen molar-refractivity contribution in [3.05, 3.63) is 39.8 Å². The zero-order chi connectivity index (χ0) is 17.2. The minimum Gasteiger partial charge on any atom is -0.483 e. The third-order valence-corrected chi connectivity index (χ3v) is 3.09. The van der Waals surface area contributed by atoms with E-state index in [2.05, 4.69) is 31.5 Å². The van der Waals surface area contributed by atoms with Gasteiger partial charge in [-0.15, -0.1) is 0 Å². The molecule has 0 aromatic heterocycles. The number of carbonyl (C=O) groups excluding carboxylic acids is 3. The van der Waals surface area contributed by atoms with E-state index in [1.165, 1.54) is 0 Å². The summed E-state index contributed by atoms with van der Waals surface area (Å²) in [5.41, 5.74) is 4.23. The predicted molar refractivity (Wildman–Crippen MR) is 86.7 cm³/mol. The lowest BCUT2D eigenvalue weighted by molar-refractivity contribution is -0.137. The molecule has 7 nitrogen and oxygen atoms in total. The Kier molecular flexibility index (Phi) is 8.14. The normalized spacial score (nSPS) is 10.2. The molecule has 0 spiro atoms. The average molecular weight is 406 g/mol. The van der Waals surface area contributed by atoms with Crippen LogP contribution < -0.4 is 15.6 Å². The van der Waals surface area contributed by atoms with Crippen molar-refractivity contribution in [3.63, 3.8) is 0 Å². The maximum absolute atomic E-state index is 11.5. The molecule has 1 aromatic rings. The van der Waals surface area contributed by atoms with Crippen molar-refractivity contribution in [3.8, 4) is 5.75 Å². The van der Waals surface area contributed by atoms with Gasteiger partial charge in [0.1, 0.15) is 5.75 Å². The molecule has 124 valence electrons. The van der Waals surface area contributed by atoms with Crippen molar-refractivity contribution < 1.29 is 23.9 Å². The average Bonchev–Trinajstić information content (AvgIpc) is 2.50. The number of esters is 1. The van der Waals surface area contributed by atoms with Gasteiger partial charge in [0.25, 0.3) is 11.8 Å². The van der Waals surface area contributed by atoms with E-state index in [-0.39, 0.29) is 13.2 Å². The van der Waals surface area contributed by atoms with Gasteiger partial charge in [0.15, 0.2) is 6.61 Å². The number of rotatable bonds is 6. The van der Waals surface area contributed by atoms with Gasteiger partial charge in [-0.05, 0) is 41.1 Å². The molecule has 0 atom stereocenters. The molecule has 23 heavy (non-hydrogen) atoms. The highest BCUT2D eigenvalue weighted by Crippen LogP contribution is 2.27. The smallest absolute Gasteiger partial charge is 0.330 e. The fraction of sp³-hybridized carbons (Fsp3) is 0.214. The standard InChI is InChI=1S/C14H14BrClN2O5/c1-2-22-14(21)6-5-12(19)17-18-13(20)8-23-11-4-3-9(16)7-10(11)15/h3-7H,2,8H2,1H3,(H,17,19)(H,18,20). The molecule has 0 aliphatic rings. The minimum absolute atomic E-state index is 0.207. The summed E-state index contributed by atoms with van der Waals surface area (Å²) in [7, 11) is 0. The molecule has 0 heterocycles. The van der Waals surface area contributed by atoms with Gasteiger partial charge < -0.3 is 9.47 Å². The molecule has 0 radical (unpaired) electrons. The molecule has 0 saturated carbocycles. The maximum atomic E-state index is 11.5. The summed E-state index contributed by atoms with van der Waals surface area (Å²) in [6.07, 6.45) is 1.89. The molecular weight excluding hydrogens is 392 g/mol. The lowest BCUT2D eigenvalue weighted by Gasteiger charge is -2.09. The van der Waals surface area contributed by atoms with Crippen LogP contribution in [-0.2, 0) is 19.1 Å². The molecule has 0 saturated heterocycles. The first-order valence-corrected chi connectivity index (χ1v) is 7.61. The van der Waals surface area contributed by atoms with Crippen LogP contribution in [0.25, 0.3) is 0 Å². The van der Waals surface area contributed by atoms with Gasteiger partial charge in [0.05, 0.1) is 11.1 Å². The summed E-state index contributed by atoms with van der Waals surface area (Å²) in [6, 6.07) is 4.83. The van der Waals surface area contributed by atoms with Gasteiger partial charge in [-0.1, -0.05) is 11.6 Å². The van der Waals surface area contributed by atoms with Crippen molar-refractivity contribution in [1.82, 2.24) is 10.9 Å². The SMILES string of the molecule is CCOC(=O)C=CC(=O)NNC(=O)COc1ccc(Cl)cc1Br. The molecular formula is C14H14BrClN2O5. The van der Waals surface area contributed by atoms with Crippen molar-refractivity contribution in [1.29, 1.82) is 0 Å². The Hall–Kier alpha value is -2.06. The molecule has 1 rings (SSSR count). The van der Waals surface area contributed by atoms with Crippen molar-refractivity contribution >= 4 is 45.3 Å². The third-order valence-electron chi connectivity index (χ3n) is 2.24. The number of carbonyl (C=O) groups is 3. The number of hydrogen-bond donors (Lipinski definition) is 2. The predicted octanol–water partition coefficient (Wildman–Crippen LogP) is 1.75. The van der Waals surface area contributed by atoms with Crippen LogP contribution in [0, 0.1) is 0 Å². The Morgan fingerprint density at radius 2 is 2.00 bits per heavy atom. The highest BCUT2D eigenvalue weighted by molar-refractivity contribution is 9.10. The van der Waals surface area contributed by atoms with E-state index >= 15 is 0 Å². The quantitative estimate of drug-likeness (QED) is 0.427. The Labute approximate surface area is 146 Å². The topological polar surface area (TPSA) is 93.7 Å². The van der Waals surface area contributed by atoms with Gasteiger partial charge in [-0.2, -0.15) is 0 Å². The van der Waals surface area contributed by atoms with Crippen molar-refractivity contribution in [2.24, 2.45) is 0 Å². The van der Waals surface area contributed by atoms with E-state index in [1.807, 2.05) is 0 Å². The van der Waals surface area contributed by atoms with Crippen LogP contribution in [0.5, 0.6) is 5.75 Å². The Balaban J connectivity index is 2.34. The largest absolute Gasteiger partial charge is 0.483 e. The summed E-state index contributed by atoms with van der Waals surface area (Å²) in [5.74, 6) is -1.48. The molecule has 2 amide bonds.